The molecule has 0 amide bonds. The highest BCUT2D eigenvalue weighted by Crippen LogP contribution is 2.10. The molecule has 0 atom stereocenters. The third kappa shape index (κ3) is 4.95. The van der Waals surface area contributed by atoms with E-state index in [1.165, 1.54) is 5.56 Å². The summed E-state index contributed by atoms with van der Waals surface area (Å²) in [7, 11) is 0. The summed E-state index contributed by atoms with van der Waals surface area (Å²) >= 11 is 6.03. The summed E-state index contributed by atoms with van der Waals surface area (Å²) in [6, 6.07) is 13.8. The summed E-state index contributed by atoms with van der Waals surface area (Å²) in [5, 5.41) is 15.8. The predicted octanol–water partition coefficient (Wildman–Crippen LogP) is 2.72. The van der Waals surface area contributed by atoms with Crippen LogP contribution in [0.2, 0.25) is 5.02 Å². The van der Waals surface area contributed by atoms with Crippen LogP contribution in [0.1, 0.15) is 18.3 Å². The van der Waals surface area contributed by atoms with Crippen molar-refractivity contribution in [3.63, 3.8) is 0 Å². The van der Waals surface area contributed by atoms with Gasteiger partial charge in [0, 0.05) is 37.3 Å². The Kier molecular flexibility index (Phi) is 6.44. The Balaban J connectivity index is 1.53. The van der Waals surface area contributed by atoms with Gasteiger partial charge < -0.3 is 10.6 Å². The van der Waals surface area contributed by atoms with Gasteiger partial charge in [-0.3, -0.25) is 9.39 Å². The molecule has 6 nitrogen and oxygen atoms in total. The van der Waals surface area contributed by atoms with E-state index in [0.717, 1.165) is 48.4 Å². The van der Waals surface area contributed by atoms with Gasteiger partial charge in [-0.2, -0.15) is 0 Å². The Morgan fingerprint density at radius 2 is 2.04 bits per heavy atom. The molecule has 0 bridgehead atoms. The van der Waals surface area contributed by atoms with Crippen molar-refractivity contribution in [2.75, 3.05) is 19.6 Å². The zero-order valence-corrected chi connectivity index (χ0v) is 15.6. The molecule has 0 saturated carbocycles. The van der Waals surface area contributed by atoms with Crippen molar-refractivity contribution in [2.24, 2.45) is 4.99 Å². The smallest absolute Gasteiger partial charge is 0.191 e. The third-order valence-electron chi connectivity index (χ3n) is 3.93. The number of rotatable bonds is 7. The summed E-state index contributed by atoms with van der Waals surface area (Å²) in [5.41, 5.74) is 2.06. The molecular formula is C19H23ClN6. The number of halogens is 1. The zero-order chi connectivity index (χ0) is 18.2. The Morgan fingerprint density at radius 3 is 2.88 bits per heavy atom. The zero-order valence-electron chi connectivity index (χ0n) is 14.8. The number of hydrogen-bond acceptors (Lipinski definition) is 3. The van der Waals surface area contributed by atoms with Crippen LogP contribution in [0.15, 0.2) is 53.7 Å². The van der Waals surface area contributed by atoms with E-state index >= 15 is 0 Å². The second-order valence-corrected chi connectivity index (χ2v) is 6.30. The number of aromatic nitrogens is 3. The number of aliphatic imine (C=N–C) groups is 1. The van der Waals surface area contributed by atoms with Crippen molar-refractivity contribution in [2.45, 2.75) is 19.8 Å². The lowest BCUT2D eigenvalue weighted by Crippen LogP contribution is -2.38. The molecular weight excluding hydrogens is 348 g/mol. The van der Waals surface area contributed by atoms with Crippen LogP contribution in [0.4, 0.5) is 0 Å². The first-order valence-corrected chi connectivity index (χ1v) is 9.19. The summed E-state index contributed by atoms with van der Waals surface area (Å²) < 4.78 is 2.00. The van der Waals surface area contributed by atoms with Gasteiger partial charge in [0.05, 0.1) is 0 Å². The van der Waals surface area contributed by atoms with Crippen LogP contribution in [0.3, 0.4) is 0 Å². The fourth-order valence-electron chi connectivity index (χ4n) is 2.69. The highest BCUT2D eigenvalue weighted by Gasteiger charge is 2.04. The van der Waals surface area contributed by atoms with E-state index in [9.17, 15) is 0 Å². The van der Waals surface area contributed by atoms with Gasteiger partial charge in [-0.1, -0.05) is 29.8 Å². The lowest BCUT2D eigenvalue weighted by molar-refractivity contribution is 0.785. The molecule has 0 saturated heterocycles. The maximum Gasteiger partial charge on any atom is 0.191 e. The second-order valence-electron chi connectivity index (χ2n) is 5.86. The van der Waals surface area contributed by atoms with E-state index < -0.39 is 0 Å². The average molecular weight is 371 g/mol. The lowest BCUT2D eigenvalue weighted by atomic mass is 10.1. The Morgan fingerprint density at radius 1 is 1.12 bits per heavy atom. The number of benzene rings is 1. The molecule has 2 aromatic heterocycles. The Bertz CT molecular complexity index is 873. The van der Waals surface area contributed by atoms with Gasteiger partial charge in [0.1, 0.15) is 5.82 Å². The molecule has 2 heterocycles. The van der Waals surface area contributed by atoms with Crippen LogP contribution >= 0.6 is 11.6 Å². The number of nitrogens with one attached hydrogen (secondary N) is 2. The number of guanidine groups is 1. The van der Waals surface area contributed by atoms with Crippen molar-refractivity contribution >= 4 is 23.2 Å². The van der Waals surface area contributed by atoms with E-state index in [4.69, 9.17) is 11.6 Å². The first kappa shape index (κ1) is 18.2. The normalized spacial score (nSPS) is 11.7. The van der Waals surface area contributed by atoms with Crippen LogP contribution in [0.25, 0.3) is 5.65 Å². The summed E-state index contributed by atoms with van der Waals surface area (Å²) in [5.74, 6) is 1.72. The van der Waals surface area contributed by atoms with Gasteiger partial charge in [0.15, 0.2) is 11.6 Å². The van der Waals surface area contributed by atoms with E-state index in [0.29, 0.717) is 6.54 Å². The first-order valence-electron chi connectivity index (χ1n) is 8.81. The minimum absolute atomic E-state index is 0.641. The molecule has 0 spiro atoms. The minimum atomic E-state index is 0.641. The van der Waals surface area contributed by atoms with Gasteiger partial charge in [0.2, 0.25) is 0 Å². The van der Waals surface area contributed by atoms with Crippen LogP contribution in [-0.2, 0) is 12.8 Å². The molecule has 0 aliphatic heterocycles. The monoisotopic (exact) mass is 370 g/mol. The van der Waals surface area contributed by atoms with E-state index in [1.54, 1.807) is 0 Å². The number of fused-ring (bicyclic) bond motifs is 1. The average Bonchev–Trinajstić information content (AvgIpc) is 3.05. The molecule has 3 aromatic rings. The summed E-state index contributed by atoms with van der Waals surface area (Å²) in [4.78, 5) is 4.63. The van der Waals surface area contributed by atoms with Crippen molar-refractivity contribution < 1.29 is 0 Å². The molecule has 3 rings (SSSR count). The second kappa shape index (κ2) is 9.20. The third-order valence-corrected chi connectivity index (χ3v) is 4.16. The van der Waals surface area contributed by atoms with E-state index in [-0.39, 0.29) is 0 Å². The fourth-order valence-corrected chi connectivity index (χ4v) is 2.90. The first-order chi connectivity index (χ1) is 12.8. The van der Waals surface area contributed by atoms with E-state index in [1.807, 2.05) is 47.0 Å². The highest BCUT2D eigenvalue weighted by atomic mass is 35.5. The molecule has 1 aromatic carbocycles. The number of pyridine rings is 1. The molecule has 0 aliphatic carbocycles. The molecule has 136 valence electrons. The SMILES string of the molecule is CCNC(=NCCc1nnc2ccccn12)NCCc1cccc(Cl)c1. The van der Waals surface area contributed by atoms with Gasteiger partial charge >= 0.3 is 0 Å². The van der Waals surface area contributed by atoms with Crippen LogP contribution in [0, 0.1) is 0 Å². The standard InChI is InChI=1S/C19H23ClN6/c1-2-21-19(22-11-9-15-6-5-7-16(20)14-15)23-12-10-18-25-24-17-8-3-4-13-26(17)18/h3-8,13-14H,2,9-12H2,1H3,(H2,21,22,23). The molecule has 7 heteroatoms. The van der Waals surface area contributed by atoms with Gasteiger partial charge in [-0.05, 0) is 43.2 Å². The van der Waals surface area contributed by atoms with Crippen LogP contribution in [0.5, 0.6) is 0 Å². The molecule has 0 aliphatic rings. The number of hydrogen-bond donors (Lipinski definition) is 2. The van der Waals surface area contributed by atoms with E-state index in [2.05, 4.69) is 38.8 Å². The predicted molar refractivity (Wildman–Crippen MR) is 106 cm³/mol. The van der Waals surface area contributed by atoms with Crippen molar-refractivity contribution in [1.29, 1.82) is 0 Å². The molecule has 0 fully saturated rings. The minimum Gasteiger partial charge on any atom is -0.357 e. The fraction of sp³-hybridized carbons (Fsp3) is 0.316. The number of nitrogens with zero attached hydrogens (tertiary/aromatic N) is 4. The van der Waals surface area contributed by atoms with Crippen molar-refractivity contribution in [3.05, 3.63) is 65.1 Å². The van der Waals surface area contributed by atoms with Crippen LogP contribution in [-0.4, -0.2) is 40.2 Å². The molecule has 2 N–H and O–H groups in total. The largest absolute Gasteiger partial charge is 0.357 e. The van der Waals surface area contributed by atoms with Gasteiger partial charge in [-0.25, -0.2) is 0 Å². The van der Waals surface area contributed by atoms with Crippen molar-refractivity contribution in [3.8, 4) is 0 Å². The van der Waals surface area contributed by atoms with Gasteiger partial charge in [0.25, 0.3) is 0 Å². The highest BCUT2D eigenvalue weighted by molar-refractivity contribution is 6.30. The summed E-state index contributed by atoms with van der Waals surface area (Å²) in [6.07, 6.45) is 3.60. The Hall–Kier alpha value is -2.60. The Labute approximate surface area is 158 Å². The quantitative estimate of drug-likeness (QED) is 0.495. The summed E-state index contributed by atoms with van der Waals surface area (Å²) in [6.45, 7) is 4.30. The molecule has 26 heavy (non-hydrogen) atoms. The van der Waals surface area contributed by atoms with Crippen LogP contribution < -0.4 is 10.6 Å². The topological polar surface area (TPSA) is 66.6 Å². The molecule has 0 unspecified atom stereocenters. The lowest BCUT2D eigenvalue weighted by Gasteiger charge is -2.11. The maximum absolute atomic E-state index is 6.03. The van der Waals surface area contributed by atoms with Crippen molar-refractivity contribution in [1.82, 2.24) is 25.2 Å². The maximum atomic E-state index is 6.03. The molecule has 0 radical (unpaired) electrons. The van der Waals surface area contributed by atoms with Gasteiger partial charge in [-0.15, -0.1) is 10.2 Å².